The fraction of sp³-hybridized carbons (Fsp3) is 0. The molecular weight excluding hydrogens is 585 g/mol. The highest BCUT2D eigenvalue weighted by molar-refractivity contribution is 6.24. The molecule has 10 aromatic rings. The van der Waals surface area contributed by atoms with Crippen molar-refractivity contribution >= 4 is 54.6 Å². The molecule has 3 heterocycles. The Hall–Kier alpha value is -6.52. The fourth-order valence-electron chi connectivity index (χ4n) is 7.38. The predicted octanol–water partition coefficient (Wildman–Crippen LogP) is 11.2. The van der Waals surface area contributed by atoms with Crippen LogP contribution in [0.4, 0.5) is 0 Å². The predicted molar refractivity (Wildman–Crippen MR) is 199 cm³/mol. The third-order valence-electron chi connectivity index (χ3n) is 9.49. The Bertz CT molecular complexity index is 2830. The van der Waals surface area contributed by atoms with E-state index in [1.807, 2.05) is 18.2 Å². The molecule has 0 bridgehead atoms. The molecule has 0 saturated carbocycles. The van der Waals surface area contributed by atoms with E-state index in [2.05, 4.69) is 161 Å². The molecule has 224 valence electrons. The molecule has 0 spiro atoms. The molecule has 0 atom stereocenters. The zero-order valence-corrected chi connectivity index (χ0v) is 26.0. The highest BCUT2D eigenvalue weighted by atomic mass is 15.1. The number of benzene rings is 7. The molecule has 0 N–H and O–H groups in total. The minimum absolute atomic E-state index is 0.808. The summed E-state index contributed by atoms with van der Waals surface area (Å²) in [6.45, 7) is 0. The SMILES string of the molecule is c1ccc(-c2cccc(-c3nc4ccccc4nc3-n3c4ccccc4c4ccc5c6ccccc6n(-c6ccccc6)c5c43)c2)cc1. The standard InChI is InChI=1S/C44H28N4/c1-3-14-29(15-4-1)30-16-13-17-31(28-30)41-44(46-38-23-10-9-22-37(38)45-41)48-40-25-12-8-21-34(40)36-27-26-35-33-20-7-11-24-39(33)47(42(35)43(36)48)32-18-5-2-6-19-32/h1-28H. The first-order valence-corrected chi connectivity index (χ1v) is 16.3. The largest absolute Gasteiger partial charge is 0.307 e. The van der Waals surface area contributed by atoms with E-state index in [0.717, 1.165) is 55.9 Å². The lowest BCUT2D eigenvalue weighted by molar-refractivity contribution is 1.08. The molecule has 0 aliphatic rings. The summed E-state index contributed by atoms with van der Waals surface area (Å²) in [5.41, 5.74) is 11.5. The summed E-state index contributed by atoms with van der Waals surface area (Å²) in [5, 5.41) is 4.78. The van der Waals surface area contributed by atoms with Crippen LogP contribution in [0.1, 0.15) is 0 Å². The molecule has 4 nitrogen and oxygen atoms in total. The lowest BCUT2D eigenvalue weighted by atomic mass is 10.0. The molecule has 0 amide bonds. The van der Waals surface area contributed by atoms with E-state index < -0.39 is 0 Å². The van der Waals surface area contributed by atoms with Gasteiger partial charge in [-0.25, -0.2) is 9.97 Å². The van der Waals surface area contributed by atoms with E-state index in [4.69, 9.17) is 9.97 Å². The van der Waals surface area contributed by atoms with Gasteiger partial charge in [-0.15, -0.1) is 0 Å². The van der Waals surface area contributed by atoms with E-state index in [0.29, 0.717) is 0 Å². The van der Waals surface area contributed by atoms with Gasteiger partial charge in [0.1, 0.15) is 5.69 Å². The van der Waals surface area contributed by atoms with Gasteiger partial charge < -0.3 is 4.57 Å². The van der Waals surface area contributed by atoms with Gasteiger partial charge in [-0.3, -0.25) is 4.57 Å². The van der Waals surface area contributed by atoms with Crippen LogP contribution in [0.5, 0.6) is 0 Å². The Morgan fingerprint density at radius 1 is 0.354 bits per heavy atom. The zero-order chi connectivity index (χ0) is 31.6. The molecule has 4 heteroatoms. The third kappa shape index (κ3) is 3.96. The maximum Gasteiger partial charge on any atom is 0.165 e. The summed E-state index contributed by atoms with van der Waals surface area (Å²) in [5.74, 6) is 0.808. The number of para-hydroxylation sites is 5. The molecule has 0 radical (unpaired) electrons. The van der Waals surface area contributed by atoms with Crippen LogP contribution in [0.25, 0.3) is 88.5 Å². The maximum absolute atomic E-state index is 5.45. The number of hydrogen-bond donors (Lipinski definition) is 0. The first-order valence-electron chi connectivity index (χ1n) is 16.3. The summed E-state index contributed by atoms with van der Waals surface area (Å²) in [6, 6.07) is 60.0. The second-order valence-corrected chi connectivity index (χ2v) is 12.2. The van der Waals surface area contributed by atoms with Gasteiger partial charge in [0, 0.05) is 32.8 Å². The van der Waals surface area contributed by atoms with E-state index in [1.165, 1.54) is 32.6 Å². The first kappa shape index (κ1) is 26.7. The Balaban J connectivity index is 1.39. The minimum atomic E-state index is 0.808. The van der Waals surface area contributed by atoms with Gasteiger partial charge in [-0.2, -0.15) is 0 Å². The second kappa shape index (κ2) is 10.5. The van der Waals surface area contributed by atoms with E-state index >= 15 is 0 Å². The molecule has 0 fully saturated rings. The quantitative estimate of drug-likeness (QED) is 0.198. The van der Waals surface area contributed by atoms with Crippen molar-refractivity contribution < 1.29 is 0 Å². The monoisotopic (exact) mass is 612 g/mol. The number of aromatic nitrogens is 4. The number of rotatable bonds is 4. The van der Waals surface area contributed by atoms with Crippen molar-refractivity contribution in [2.24, 2.45) is 0 Å². The number of nitrogens with zero attached hydrogens (tertiary/aromatic N) is 4. The van der Waals surface area contributed by atoms with Crippen molar-refractivity contribution in [2.75, 3.05) is 0 Å². The lowest BCUT2D eigenvalue weighted by Crippen LogP contribution is -2.05. The van der Waals surface area contributed by atoms with Gasteiger partial charge >= 0.3 is 0 Å². The van der Waals surface area contributed by atoms with Crippen LogP contribution in [0.15, 0.2) is 170 Å². The summed E-state index contributed by atoms with van der Waals surface area (Å²) in [6.07, 6.45) is 0. The molecule has 48 heavy (non-hydrogen) atoms. The van der Waals surface area contributed by atoms with Gasteiger partial charge in [0.15, 0.2) is 5.82 Å². The average molecular weight is 613 g/mol. The van der Waals surface area contributed by atoms with Gasteiger partial charge in [-0.05, 0) is 53.6 Å². The lowest BCUT2D eigenvalue weighted by Gasteiger charge is -2.16. The molecule has 0 saturated heterocycles. The van der Waals surface area contributed by atoms with E-state index in [1.54, 1.807) is 0 Å². The van der Waals surface area contributed by atoms with Crippen LogP contribution in [0.3, 0.4) is 0 Å². The van der Waals surface area contributed by atoms with Crippen molar-refractivity contribution in [1.29, 1.82) is 0 Å². The summed E-state index contributed by atoms with van der Waals surface area (Å²) < 4.78 is 4.77. The molecule has 0 aliphatic carbocycles. The van der Waals surface area contributed by atoms with Crippen molar-refractivity contribution in [3.63, 3.8) is 0 Å². The molecule has 0 unspecified atom stereocenters. The Morgan fingerprint density at radius 3 is 1.58 bits per heavy atom. The fourth-order valence-corrected chi connectivity index (χ4v) is 7.38. The molecule has 3 aromatic heterocycles. The normalized spacial score (nSPS) is 11.8. The van der Waals surface area contributed by atoms with Gasteiger partial charge in [-0.1, -0.05) is 127 Å². The smallest absolute Gasteiger partial charge is 0.165 e. The minimum Gasteiger partial charge on any atom is -0.307 e. The topological polar surface area (TPSA) is 35.6 Å². The molecule has 10 rings (SSSR count). The Kier molecular flexibility index (Phi) is 5.84. The van der Waals surface area contributed by atoms with Crippen molar-refractivity contribution in [2.45, 2.75) is 0 Å². The van der Waals surface area contributed by atoms with Crippen molar-refractivity contribution in [3.8, 4) is 33.9 Å². The van der Waals surface area contributed by atoms with Crippen LogP contribution in [0, 0.1) is 0 Å². The van der Waals surface area contributed by atoms with Gasteiger partial charge in [0.2, 0.25) is 0 Å². The molecular formula is C44H28N4. The second-order valence-electron chi connectivity index (χ2n) is 12.2. The highest BCUT2D eigenvalue weighted by Crippen LogP contribution is 2.43. The van der Waals surface area contributed by atoms with Crippen LogP contribution in [0.2, 0.25) is 0 Å². The Labute approximate surface area is 276 Å². The molecule has 0 aliphatic heterocycles. The number of fused-ring (bicyclic) bond motifs is 8. The van der Waals surface area contributed by atoms with E-state index in [-0.39, 0.29) is 0 Å². The zero-order valence-electron chi connectivity index (χ0n) is 26.0. The third-order valence-corrected chi connectivity index (χ3v) is 9.49. The van der Waals surface area contributed by atoms with Crippen LogP contribution in [-0.2, 0) is 0 Å². The highest BCUT2D eigenvalue weighted by Gasteiger charge is 2.24. The first-order chi connectivity index (χ1) is 23.8. The van der Waals surface area contributed by atoms with E-state index in [9.17, 15) is 0 Å². The van der Waals surface area contributed by atoms with Crippen molar-refractivity contribution in [1.82, 2.24) is 19.1 Å². The van der Waals surface area contributed by atoms with Crippen LogP contribution < -0.4 is 0 Å². The Morgan fingerprint density at radius 2 is 0.875 bits per heavy atom. The maximum atomic E-state index is 5.45. The van der Waals surface area contributed by atoms with Crippen LogP contribution in [-0.4, -0.2) is 19.1 Å². The number of hydrogen-bond acceptors (Lipinski definition) is 2. The van der Waals surface area contributed by atoms with Crippen LogP contribution >= 0.6 is 0 Å². The van der Waals surface area contributed by atoms with Crippen molar-refractivity contribution in [3.05, 3.63) is 170 Å². The van der Waals surface area contributed by atoms with Gasteiger partial charge in [0.25, 0.3) is 0 Å². The summed E-state index contributed by atoms with van der Waals surface area (Å²) in [7, 11) is 0. The summed E-state index contributed by atoms with van der Waals surface area (Å²) >= 11 is 0. The summed E-state index contributed by atoms with van der Waals surface area (Å²) in [4.78, 5) is 10.8. The molecule has 7 aromatic carbocycles. The van der Waals surface area contributed by atoms with Gasteiger partial charge in [0.05, 0.1) is 33.1 Å². The average Bonchev–Trinajstić information content (AvgIpc) is 3.68.